The lowest BCUT2D eigenvalue weighted by molar-refractivity contribution is -0.137. The van der Waals surface area contributed by atoms with Crippen molar-refractivity contribution in [2.24, 2.45) is 0 Å². The number of benzene rings is 3. The van der Waals surface area contributed by atoms with Crippen LogP contribution in [0.3, 0.4) is 0 Å². The molecule has 206 valence electrons. The third kappa shape index (κ3) is 6.86. The molecule has 0 aliphatic rings. The lowest BCUT2D eigenvalue weighted by atomic mass is 10.0. The van der Waals surface area contributed by atoms with E-state index in [0.717, 1.165) is 22.6 Å². The van der Waals surface area contributed by atoms with E-state index < -0.39 is 12.0 Å². The lowest BCUT2D eigenvalue weighted by Crippen LogP contribution is -2.32. The maximum Gasteiger partial charge on any atom is 0.326 e. The maximum absolute atomic E-state index is 13.0. The van der Waals surface area contributed by atoms with E-state index in [-0.39, 0.29) is 12.2 Å². The second kappa shape index (κ2) is 12.7. The van der Waals surface area contributed by atoms with Crippen molar-refractivity contribution in [1.82, 2.24) is 9.97 Å². The number of hydrogen-bond acceptors (Lipinski definition) is 7. The molecular formula is C33H29N3O5. The topological polar surface area (TPSA) is 115 Å². The summed E-state index contributed by atoms with van der Waals surface area (Å²) in [5, 5.41) is 13.0. The first-order valence-corrected chi connectivity index (χ1v) is 13.2. The van der Waals surface area contributed by atoms with Crippen molar-refractivity contribution in [3.8, 4) is 17.2 Å². The van der Waals surface area contributed by atoms with Gasteiger partial charge >= 0.3 is 5.97 Å². The molecule has 2 heterocycles. The van der Waals surface area contributed by atoms with E-state index in [1.54, 1.807) is 48.8 Å². The number of nitrogens with one attached hydrogen (secondary N) is 1. The molecule has 0 saturated carbocycles. The number of hydrogen-bond donors (Lipinski definition) is 2. The van der Waals surface area contributed by atoms with Crippen LogP contribution in [-0.2, 0) is 17.6 Å². The van der Waals surface area contributed by atoms with Crippen LogP contribution in [0.4, 0.5) is 5.69 Å². The maximum atomic E-state index is 13.0. The Morgan fingerprint density at radius 3 is 2.37 bits per heavy atom. The Morgan fingerprint density at radius 1 is 0.927 bits per heavy atom. The Balaban J connectivity index is 1.19. The number of oxazole rings is 1. The van der Waals surface area contributed by atoms with E-state index in [4.69, 9.17) is 9.15 Å². The first-order valence-electron chi connectivity index (χ1n) is 13.2. The first-order chi connectivity index (χ1) is 20.0. The number of carboxylic acid groups (broad SMARTS) is 1. The summed E-state index contributed by atoms with van der Waals surface area (Å²) < 4.78 is 11.7. The number of nitrogens with zero attached hydrogens (tertiary/aromatic N) is 2. The number of aromatic nitrogens is 2. The van der Waals surface area contributed by atoms with Crippen LogP contribution < -0.4 is 10.1 Å². The van der Waals surface area contributed by atoms with Gasteiger partial charge in [0.25, 0.3) is 0 Å². The van der Waals surface area contributed by atoms with Gasteiger partial charge in [-0.05, 0) is 61.0 Å². The Morgan fingerprint density at radius 2 is 1.63 bits per heavy atom. The van der Waals surface area contributed by atoms with Crippen molar-refractivity contribution in [1.29, 1.82) is 0 Å². The summed E-state index contributed by atoms with van der Waals surface area (Å²) in [4.78, 5) is 33.7. The van der Waals surface area contributed by atoms with Crippen molar-refractivity contribution < 1.29 is 23.8 Å². The van der Waals surface area contributed by atoms with Crippen LogP contribution >= 0.6 is 0 Å². The van der Waals surface area contributed by atoms with Crippen LogP contribution in [-0.4, -0.2) is 39.5 Å². The molecule has 0 aliphatic heterocycles. The number of para-hydroxylation sites is 1. The second-order valence-corrected chi connectivity index (χ2v) is 9.48. The van der Waals surface area contributed by atoms with Gasteiger partial charge in [0.1, 0.15) is 17.6 Å². The zero-order chi connectivity index (χ0) is 28.6. The average molecular weight is 548 g/mol. The summed E-state index contributed by atoms with van der Waals surface area (Å²) in [6.45, 7) is 2.31. The minimum Gasteiger partial charge on any atom is -0.493 e. The molecule has 3 aromatic carbocycles. The molecule has 0 bridgehead atoms. The van der Waals surface area contributed by atoms with Gasteiger partial charge in [0.2, 0.25) is 5.89 Å². The van der Waals surface area contributed by atoms with E-state index >= 15 is 0 Å². The molecule has 5 rings (SSSR count). The van der Waals surface area contributed by atoms with Crippen molar-refractivity contribution >= 4 is 17.4 Å². The molecule has 41 heavy (non-hydrogen) atoms. The number of ketones is 1. The Bertz CT molecular complexity index is 1620. The van der Waals surface area contributed by atoms with Crippen LogP contribution in [0.1, 0.15) is 32.9 Å². The third-order valence-electron chi connectivity index (χ3n) is 6.63. The van der Waals surface area contributed by atoms with Crippen molar-refractivity contribution in [2.45, 2.75) is 25.8 Å². The zero-order valence-electron chi connectivity index (χ0n) is 22.5. The van der Waals surface area contributed by atoms with Gasteiger partial charge in [-0.1, -0.05) is 42.5 Å². The number of rotatable bonds is 12. The van der Waals surface area contributed by atoms with Crippen LogP contribution in [0.5, 0.6) is 5.75 Å². The van der Waals surface area contributed by atoms with Crippen LogP contribution in [0.15, 0.2) is 108 Å². The highest BCUT2D eigenvalue weighted by Gasteiger charge is 2.21. The Kier molecular flexibility index (Phi) is 8.49. The lowest BCUT2D eigenvalue weighted by Gasteiger charge is -2.18. The largest absolute Gasteiger partial charge is 0.493 e. The molecule has 8 heteroatoms. The summed E-state index contributed by atoms with van der Waals surface area (Å²) >= 11 is 0. The van der Waals surface area contributed by atoms with Crippen molar-refractivity contribution in [3.05, 3.63) is 132 Å². The fourth-order valence-corrected chi connectivity index (χ4v) is 4.44. The predicted octanol–water partition coefficient (Wildman–Crippen LogP) is 6.01. The van der Waals surface area contributed by atoms with Gasteiger partial charge in [-0.2, -0.15) is 0 Å². The number of aryl methyl sites for hydroxylation is 1. The molecule has 0 unspecified atom stereocenters. The predicted molar refractivity (Wildman–Crippen MR) is 155 cm³/mol. The van der Waals surface area contributed by atoms with Crippen molar-refractivity contribution in [2.75, 3.05) is 11.9 Å². The van der Waals surface area contributed by atoms with E-state index in [0.29, 0.717) is 41.5 Å². The molecule has 0 aliphatic carbocycles. The van der Waals surface area contributed by atoms with Crippen molar-refractivity contribution in [3.63, 3.8) is 0 Å². The summed E-state index contributed by atoms with van der Waals surface area (Å²) in [6.07, 6.45) is 3.90. The van der Waals surface area contributed by atoms with Gasteiger partial charge in [-0.3, -0.25) is 9.78 Å². The quantitative estimate of drug-likeness (QED) is 0.183. The fraction of sp³-hybridized carbons (Fsp3) is 0.152. The number of ether oxygens (including phenoxy) is 1. The Labute approximate surface area is 237 Å². The number of carbonyl (C=O) groups is 2. The van der Waals surface area contributed by atoms with Gasteiger partial charge in [-0.25, -0.2) is 9.78 Å². The smallest absolute Gasteiger partial charge is 0.326 e. The highest BCUT2D eigenvalue weighted by molar-refractivity contribution is 6.12. The molecule has 0 amide bonds. The first kappa shape index (κ1) is 27.3. The van der Waals surface area contributed by atoms with Crippen LogP contribution in [0, 0.1) is 6.92 Å². The number of aliphatic carboxylic acids is 1. The molecule has 2 aromatic heterocycles. The second-order valence-electron chi connectivity index (χ2n) is 9.48. The molecule has 1 atom stereocenters. The highest BCUT2D eigenvalue weighted by Crippen LogP contribution is 2.23. The zero-order valence-corrected chi connectivity index (χ0v) is 22.5. The van der Waals surface area contributed by atoms with E-state index in [1.165, 1.54) is 0 Å². The molecule has 0 fully saturated rings. The number of anilines is 1. The van der Waals surface area contributed by atoms with Gasteiger partial charge in [-0.15, -0.1) is 0 Å². The molecular weight excluding hydrogens is 518 g/mol. The van der Waals surface area contributed by atoms with Gasteiger partial charge in [0, 0.05) is 47.6 Å². The van der Waals surface area contributed by atoms with Gasteiger partial charge in [0.05, 0.1) is 12.3 Å². The average Bonchev–Trinajstić information content (AvgIpc) is 3.38. The van der Waals surface area contributed by atoms with E-state index in [9.17, 15) is 14.7 Å². The third-order valence-corrected chi connectivity index (χ3v) is 6.63. The number of carboxylic acids is 1. The van der Waals surface area contributed by atoms with E-state index in [1.807, 2.05) is 61.5 Å². The van der Waals surface area contributed by atoms with Crippen LogP contribution in [0.2, 0.25) is 0 Å². The molecule has 0 spiro atoms. The highest BCUT2D eigenvalue weighted by atomic mass is 16.5. The Hall–Kier alpha value is -5.24. The molecule has 0 saturated heterocycles. The minimum atomic E-state index is -1.02. The summed E-state index contributed by atoms with van der Waals surface area (Å²) in [7, 11) is 0. The van der Waals surface area contributed by atoms with Gasteiger partial charge in [0.15, 0.2) is 5.78 Å². The summed E-state index contributed by atoms with van der Waals surface area (Å²) in [5.74, 6) is 0.798. The summed E-state index contributed by atoms with van der Waals surface area (Å²) in [6, 6.07) is 26.3. The van der Waals surface area contributed by atoms with E-state index in [2.05, 4.69) is 15.3 Å². The minimum absolute atomic E-state index is 0.210. The number of pyridine rings is 1. The molecule has 8 nitrogen and oxygen atoms in total. The normalized spacial score (nSPS) is 11.5. The number of carbonyl (C=O) groups excluding carboxylic acids is 1. The standard InChI is InChI=1S/C33H29N3O5/c1-22-28(36-32(41-22)25-7-3-2-4-8-25)17-20-40-26-13-11-23(12-14-26)21-30(33(38)39)35-29-10-6-5-9-27(29)31(37)24-15-18-34-19-16-24/h2-16,18-19,30,35H,17,20-21H2,1H3,(H,38,39)/t30-/m0/s1. The fourth-order valence-electron chi connectivity index (χ4n) is 4.44. The monoisotopic (exact) mass is 547 g/mol. The SMILES string of the molecule is Cc1oc(-c2ccccc2)nc1CCOc1ccc(C[C@H](Nc2ccccc2C(=O)c2ccncc2)C(=O)O)cc1. The molecule has 5 aromatic rings. The van der Waals surface area contributed by atoms with Gasteiger partial charge < -0.3 is 19.6 Å². The van der Waals surface area contributed by atoms with Crippen LogP contribution in [0.25, 0.3) is 11.5 Å². The molecule has 2 N–H and O–H groups in total. The summed E-state index contributed by atoms with van der Waals surface area (Å²) in [5.41, 5.74) is 3.92. The molecule has 0 radical (unpaired) electrons.